The van der Waals surface area contributed by atoms with Gasteiger partial charge in [0.25, 0.3) is 5.91 Å². The average Bonchev–Trinajstić information content (AvgIpc) is 3.16. The van der Waals surface area contributed by atoms with Gasteiger partial charge in [0.05, 0.1) is 10.8 Å². The number of hydrogen-bond acceptors (Lipinski definition) is 4. The molecule has 1 aliphatic heterocycles. The van der Waals surface area contributed by atoms with Gasteiger partial charge in [-0.15, -0.1) is 11.3 Å². The van der Waals surface area contributed by atoms with Crippen LogP contribution in [0, 0.1) is 5.92 Å². The molecular weight excluding hydrogens is 338 g/mol. The summed E-state index contributed by atoms with van der Waals surface area (Å²) in [7, 11) is 0. The largest absolute Gasteiger partial charge is 0.356 e. The minimum atomic E-state index is -0.144. The van der Waals surface area contributed by atoms with E-state index in [0.29, 0.717) is 31.1 Å². The van der Waals surface area contributed by atoms with Crippen molar-refractivity contribution in [2.75, 3.05) is 26.2 Å². The number of nitrogens with zero attached hydrogens (tertiary/aromatic N) is 1. The van der Waals surface area contributed by atoms with Gasteiger partial charge in [-0.2, -0.15) is 0 Å². The number of nitrogens with one attached hydrogen (secondary N) is 2. The molecule has 1 aromatic heterocycles. The molecule has 1 atom stereocenters. The number of hydrogen-bond donors (Lipinski definition) is 2. The number of piperidine rings is 1. The molecule has 0 aromatic carbocycles. The number of carbonyl (C=O) groups is 3. The maximum absolute atomic E-state index is 12.3. The number of carbonyl (C=O) groups excluding carboxylic acids is 3. The van der Waals surface area contributed by atoms with Crippen LogP contribution in [0.4, 0.5) is 0 Å². The first-order valence-electron chi connectivity index (χ1n) is 8.99. The fraction of sp³-hybridized carbons (Fsp3) is 0.611. The molecule has 1 saturated heterocycles. The Morgan fingerprint density at radius 2 is 2.12 bits per heavy atom. The first-order valence-corrected chi connectivity index (χ1v) is 9.87. The maximum atomic E-state index is 12.3. The predicted octanol–water partition coefficient (Wildman–Crippen LogP) is 2.02. The van der Waals surface area contributed by atoms with E-state index in [-0.39, 0.29) is 30.1 Å². The molecule has 138 valence electrons. The molecule has 1 aliphatic rings. The Morgan fingerprint density at radius 3 is 2.84 bits per heavy atom. The lowest BCUT2D eigenvalue weighted by atomic mass is 9.97. The molecule has 0 spiro atoms. The maximum Gasteiger partial charge on any atom is 0.261 e. The second-order valence-corrected chi connectivity index (χ2v) is 7.25. The van der Waals surface area contributed by atoms with Crippen LogP contribution >= 0.6 is 11.3 Å². The molecule has 3 amide bonds. The van der Waals surface area contributed by atoms with Crippen LogP contribution in [0.15, 0.2) is 17.5 Å². The van der Waals surface area contributed by atoms with E-state index in [0.717, 1.165) is 25.7 Å². The van der Waals surface area contributed by atoms with Gasteiger partial charge in [0.15, 0.2) is 0 Å². The number of unbranched alkanes of at least 4 members (excludes halogenated alkanes) is 1. The average molecular weight is 365 g/mol. The summed E-state index contributed by atoms with van der Waals surface area (Å²) in [5, 5.41) is 7.57. The fourth-order valence-corrected chi connectivity index (χ4v) is 3.53. The summed E-state index contributed by atoms with van der Waals surface area (Å²) in [6.45, 7) is 4.28. The first kappa shape index (κ1) is 19.4. The van der Waals surface area contributed by atoms with E-state index in [4.69, 9.17) is 0 Å². The van der Waals surface area contributed by atoms with E-state index in [1.54, 1.807) is 11.0 Å². The van der Waals surface area contributed by atoms with Crippen molar-refractivity contribution in [3.63, 3.8) is 0 Å². The summed E-state index contributed by atoms with van der Waals surface area (Å²) < 4.78 is 0. The van der Waals surface area contributed by atoms with Gasteiger partial charge in [0.2, 0.25) is 11.8 Å². The molecule has 2 rings (SSSR count). The van der Waals surface area contributed by atoms with E-state index in [9.17, 15) is 14.4 Å². The summed E-state index contributed by atoms with van der Waals surface area (Å²) in [5.41, 5.74) is 0. The van der Waals surface area contributed by atoms with Crippen molar-refractivity contribution >= 4 is 29.1 Å². The zero-order valence-electron chi connectivity index (χ0n) is 14.8. The molecule has 0 bridgehead atoms. The minimum absolute atomic E-state index is 0.00228. The van der Waals surface area contributed by atoms with E-state index in [1.807, 2.05) is 11.4 Å². The third kappa shape index (κ3) is 6.16. The Hall–Kier alpha value is -1.89. The Labute approximate surface area is 153 Å². The minimum Gasteiger partial charge on any atom is -0.356 e. The molecule has 1 fully saturated rings. The van der Waals surface area contributed by atoms with Gasteiger partial charge in [-0.3, -0.25) is 14.4 Å². The number of likely N-dealkylation sites (tertiary alicyclic amines) is 1. The lowest BCUT2D eigenvalue weighted by molar-refractivity contribution is -0.135. The monoisotopic (exact) mass is 365 g/mol. The Kier molecular flexibility index (Phi) is 7.91. The van der Waals surface area contributed by atoms with Crippen molar-refractivity contribution in [3.05, 3.63) is 22.4 Å². The van der Waals surface area contributed by atoms with E-state index < -0.39 is 0 Å². The summed E-state index contributed by atoms with van der Waals surface area (Å²) >= 11 is 1.38. The van der Waals surface area contributed by atoms with E-state index in [1.165, 1.54) is 11.3 Å². The molecule has 7 heteroatoms. The summed E-state index contributed by atoms with van der Waals surface area (Å²) in [4.78, 5) is 38.8. The Morgan fingerprint density at radius 1 is 1.28 bits per heavy atom. The van der Waals surface area contributed by atoms with Crippen LogP contribution < -0.4 is 10.6 Å². The van der Waals surface area contributed by atoms with Gasteiger partial charge < -0.3 is 15.5 Å². The molecule has 1 unspecified atom stereocenters. The second-order valence-electron chi connectivity index (χ2n) is 6.31. The third-order valence-electron chi connectivity index (χ3n) is 4.34. The highest BCUT2D eigenvalue weighted by Gasteiger charge is 2.27. The van der Waals surface area contributed by atoms with Crippen LogP contribution in [0.1, 0.15) is 48.7 Å². The van der Waals surface area contributed by atoms with Crippen molar-refractivity contribution in [3.8, 4) is 0 Å². The standard InChI is InChI=1S/C18H27N3O3S/c1-2-3-9-19-17(23)14-6-4-11-21(13-14)16(22)8-10-20-18(24)15-7-5-12-25-15/h5,7,12,14H,2-4,6,8-11,13H2,1H3,(H,19,23)(H,20,24). The zero-order chi connectivity index (χ0) is 18.1. The van der Waals surface area contributed by atoms with Gasteiger partial charge in [0.1, 0.15) is 0 Å². The highest BCUT2D eigenvalue weighted by Crippen LogP contribution is 2.17. The second kappa shape index (κ2) is 10.2. The van der Waals surface area contributed by atoms with Gasteiger partial charge in [0, 0.05) is 32.6 Å². The Balaban J connectivity index is 1.71. The molecule has 6 nitrogen and oxygen atoms in total. The lowest BCUT2D eigenvalue weighted by Crippen LogP contribution is -2.46. The van der Waals surface area contributed by atoms with Crippen LogP contribution in [-0.2, 0) is 9.59 Å². The molecule has 2 heterocycles. The third-order valence-corrected chi connectivity index (χ3v) is 5.21. The predicted molar refractivity (Wildman–Crippen MR) is 98.5 cm³/mol. The van der Waals surface area contributed by atoms with Crippen LogP contribution in [0.5, 0.6) is 0 Å². The molecular formula is C18H27N3O3S. The van der Waals surface area contributed by atoms with Crippen LogP contribution in [0.3, 0.4) is 0 Å². The number of rotatable bonds is 8. The van der Waals surface area contributed by atoms with Crippen molar-refractivity contribution in [1.82, 2.24) is 15.5 Å². The van der Waals surface area contributed by atoms with Gasteiger partial charge in [-0.1, -0.05) is 19.4 Å². The zero-order valence-corrected chi connectivity index (χ0v) is 15.6. The van der Waals surface area contributed by atoms with Crippen LogP contribution in [-0.4, -0.2) is 48.8 Å². The fourth-order valence-electron chi connectivity index (χ4n) is 2.89. The molecule has 0 radical (unpaired) electrons. The lowest BCUT2D eigenvalue weighted by Gasteiger charge is -2.32. The smallest absolute Gasteiger partial charge is 0.261 e. The van der Waals surface area contributed by atoms with Crippen molar-refractivity contribution in [1.29, 1.82) is 0 Å². The van der Waals surface area contributed by atoms with Crippen LogP contribution in [0.2, 0.25) is 0 Å². The molecule has 0 aliphatic carbocycles. The molecule has 0 saturated carbocycles. The normalized spacial score (nSPS) is 17.2. The summed E-state index contributed by atoms with van der Waals surface area (Å²) in [6, 6.07) is 3.58. The molecule has 1 aromatic rings. The van der Waals surface area contributed by atoms with Crippen molar-refractivity contribution in [2.24, 2.45) is 5.92 Å². The highest BCUT2D eigenvalue weighted by atomic mass is 32.1. The number of thiophene rings is 1. The van der Waals surface area contributed by atoms with E-state index in [2.05, 4.69) is 17.6 Å². The molecule has 2 N–H and O–H groups in total. The number of amides is 3. The first-order chi connectivity index (χ1) is 12.1. The summed E-state index contributed by atoms with van der Waals surface area (Å²) in [5.74, 6) is -0.209. The van der Waals surface area contributed by atoms with Crippen molar-refractivity contribution < 1.29 is 14.4 Å². The summed E-state index contributed by atoms with van der Waals surface area (Å²) in [6.07, 6.45) is 3.97. The topological polar surface area (TPSA) is 78.5 Å². The Bertz CT molecular complexity index is 574. The van der Waals surface area contributed by atoms with Gasteiger partial charge in [-0.25, -0.2) is 0 Å². The van der Waals surface area contributed by atoms with E-state index >= 15 is 0 Å². The van der Waals surface area contributed by atoms with Gasteiger partial charge in [-0.05, 0) is 30.7 Å². The van der Waals surface area contributed by atoms with Crippen LogP contribution in [0.25, 0.3) is 0 Å². The van der Waals surface area contributed by atoms with Crippen molar-refractivity contribution in [2.45, 2.75) is 39.0 Å². The highest BCUT2D eigenvalue weighted by molar-refractivity contribution is 7.12. The SMILES string of the molecule is CCCCNC(=O)C1CCCN(C(=O)CCNC(=O)c2cccs2)C1. The van der Waals surface area contributed by atoms with Gasteiger partial charge >= 0.3 is 0 Å². The molecule has 25 heavy (non-hydrogen) atoms. The quantitative estimate of drug-likeness (QED) is 0.692.